The van der Waals surface area contributed by atoms with Gasteiger partial charge in [-0.1, -0.05) is 6.07 Å². The maximum Gasteiger partial charge on any atom is 0.339 e. The zero-order valence-corrected chi connectivity index (χ0v) is 14.2. The molecular formula is C17H13F2NO4S. The molecule has 25 heavy (non-hydrogen) atoms. The van der Waals surface area contributed by atoms with Gasteiger partial charge in [0.25, 0.3) is 0 Å². The minimum absolute atomic E-state index is 0.0935. The number of carbonyl (C=O) groups is 1. The highest BCUT2D eigenvalue weighted by molar-refractivity contribution is 7.90. The summed E-state index contributed by atoms with van der Waals surface area (Å²) in [7, 11) is -3.92. The Balaban J connectivity index is 2.26. The van der Waals surface area contributed by atoms with Crippen LogP contribution in [0.2, 0.25) is 0 Å². The molecule has 1 aliphatic heterocycles. The van der Waals surface area contributed by atoms with Crippen LogP contribution in [0, 0.1) is 18.6 Å². The molecule has 0 radical (unpaired) electrons. The Morgan fingerprint density at radius 3 is 2.52 bits per heavy atom. The van der Waals surface area contributed by atoms with Gasteiger partial charge in [0.05, 0.1) is 5.57 Å². The third kappa shape index (κ3) is 3.05. The van der Waals surface area contributed by atoms with Gasteiger partial charge >= 0.3 is 5.97 Å². The van der Waals surface area contributed by atoms with Gasteiger partial charge in [0.1, 0.15) is 23.1 Å². The topological polar surface area (TPSA) is 73.3 Å². The van der Waals surface area contributed by atoms with E-state index in [9.17, 15) is 22.0 Å². The Labute approximate surface area is 142 Å². The van der Waals surface area contributed by atoms with Crippen LogP contribution >= 0.6 is 0 Å². The second-order valence-corrected chi connectivity index (χ2v) is 7.58. The first-order valence-electron chi connectivity index (χ1n) is 7.22. The predicted molar refractivity (Wildman–Crippen MR) is 86.2 cm³/mol. The highest BCUT2D eigenvalue weighted by Gasteiger charge is 2.31. The van der Waals surface area contributed by atoms with Crippen molar-refractivity contribution in [3.05, 3.63) is 58.9 Å². The van der Waals surface area contributed by atoms with Crippen molar-refractivity contribution in [3.8, 4) is 0 Å². The molecule has 0 atom stereocenters. The van der Waals surface area contributed by atoms with Crippen LogP contribution in [0.3, 0.4) is 0 Å². The summed E-state index contributed by atoms with van der Waals surface area (Å²) in [6.45, 7) is 1.44. The smallest absolute Gasteiger partial charge is 0.339 e. The molecule has 0 saturated carbocycles. The SMILES string of the molecule is Cc1ncccc1C1=C(c2cc(F)c(S(C)(=O)=O)cc2F)COC1=O. The molecule has 0 unspecified atom stereocenters. The number of ether oxygens (including phenoxy) is 1. The minimum Gasteiger partial charge on any atom is -0.457 e. The van der Waals surface area contributed by atoms with E-state index in [1.165, 1.54) is 0 Å². The molecule has 1 aromatic carbocycles. The number of aryl methyl sites for hydroxylation is 1. The summed E-state index contributed by atoms with van der Waals surface area (Å²) < 4.78 is 56.7. The molecule has 5 nitrogen and oxygen atoms in total. The first-order chi connectivity index (χ1) is 11.7. The molecule has 0 fully saturated rings. The Morgan fingerprint density at radius 1 is 1.16 bits per heavy atom. The van der Waals surface area contributed by atoms with Gasteiger partial charge in [-0.15, -0.1) is 0 Å². The number of hydrogen-bond acceptors (Lipinski definition) is 5. The Hall–Kier alpha value is -2.61. The number of rotatable bonds is 3. The monoisotopic (exact) mass is 365 g/mol. The molecule has 1 aliphatic rings. The third-order valence-electron chi connectivity index (χ3n) is 3.88. The van der Waals surface area contributed by atoms with Crippen molar-refractivity contribution in [2.24, 2.45) is 0 Å². The van der Waals surface area contributed by atoms with E-state index in [0.717, 1.165) is 12.3 Å². The molecule has 1 aromatic heterocycles. The number of cyclic esters (lactones) is 1. The van der Waals surface area contributed by atoms with Crippen molar-refractivity contribution in [2.45, 2.75) is 11.8 Å². The minimum atomic E-state index is -3.92. The average Bonchev–Trinajstić information content (AvgIpc) is 2.90. The molecule has 130 valence electrons. The number of nitrogens with zero attached hydrogens (tertiary/aromatic N) is 1. The van der Waals surface area contributed by atoms with E-state index >= 15 is 0 Å². The van der Waals surface area contributed by atoms with Gasteiger partial charge in [0.15, 0.2) is 9.84 Å². The number of benzene rings is 1. The van der Waals surface area contributed by atoms with Crippen molar-refractivity contribution in [1.82, 2.24) is 4.98 Å². The third-order valence-corrected chi connectivity index (χ3v) is 4.99. The van der Waals surface area contributed by atoms with Crippen LogP contribution in [-0.4, -0.2) is 32.2 Å². The summed E-state index contributed by atoms with van der Waals surface area (Å²) in [4.78, 5) is 15.5. The van der Waals surface area contributed by atoms with Crippen LogP contribution in [0.15, 0.2) is 35.4 Å². The molecule has 2 heterocycles. The Bertz CT molecular complexity index is 1030. The van der Waals surface area contributed by atoms with Gasteiger partial charge in [-0.2, -0.15) is 0 Å². The Kier molecular flexibility index (Phi) is 4.16. The average molecular weight is 365 g/mol. The number of halogens is 2. The number of sulfone groups is 1. The van der Waals surface area contributed by atoms with Gasteiger partial charge in [-0.05, 0) is 25.1 Å². The fraction of sp³-hybridized carbons (Fsp3) is 0.176. The first kappa shape index (κ1) is 17.2. The number of esters is 1. The van der Waals surface area contributed by atoms with Crippen LogP contribution in [0.4, 0.5) is 8.78 Å². The molecule has 0 bridgehead atoms. The molecular weight excluding hydrogens is 352 g/mol. The highest BCUT2D eigenvalue weighted by Crippen LogP contribution is 2.36. The van der Waals surface area contributed by atoms with Crippen molar-refractivity contribution >= 4 is 27.0 Å². The first-order valence-corrected chi connectivity index (χ1v) is 9.11. The molecule has 0 spiro atoms. The van der Waals surface area contributed by atoms with Gasteiger partial charge in [0, 0.05) is 34.8 Å². The van der Waals surface area contributed by atoms with Crippen LogP contribution in [0.5, 0.6) is 0 Å². The maximum absolute atomic E-state index is 14.5. The van der Waals surface area contributed by atoms with E-state index in [4.69, 9.17) is 4.74 Å². The van der Waals surface area contributed by atoms with E-state index in [1.54, 1.807) is 25.3 Å². The van der Waals surface area contributed by atoms with Crippen LogP contribution in [-0.2, 0) is 19.4 Å². The van der Waals surface area contributed by atoms with Crippen LogP contribution < -0.4 is 0 Å². The lowest BCUT2D eigenvalue weighted by Gasteiger charge is -2.09. The zero-order chi connectivity index (χ0) is 18.4. The van der Waals surface area contributed by atoms with Crippen molar-refractivity contribution in [1.29, 1.82) is 0 Å². The lowest BCUT2D eigenvalue weighted by molar-refractivity contribution is -0.133. The molecule has 0 aliphatic carbocycles. The van der Waals surface area contributed by atoms with E-state index in [2.05, 4.69) is 4.98 Å². The largest absolute Gasteiger partial charge is 0.457 e. The highest BCUT2D eigenvalue weighted by atomic mass is 32.2. The van der Waals surface area contributed by atoms with E-state index in [-0.39, 0.29) is 23.3 Å². The number of pyridine rings is 1. The van der Waals surface area contributed by atoms with E-state index in [1.807, 2.05) is 0 Å². The van der Waals surface area contributed by atoms with Crippen molar-refractivity contribution in [2.75, 3.05) is 12.9 Å². The number of aromatic nitrogens is 1. The second-order valence-electron chi connectivity index (χ2n) is 5.60. The summed E-state index contributed by atoms with van der Waals surface area (Å²) in [5.74, 6) is -2.71. The van der Waals surface area contributed by atoms with Gasteiger partial charge in [0.2, 0.25) is 0 Å². The summed E-state index contributed by atoms with van der Waals surface area (Å²) in [5.41, 5.74) is 1.01. The van der Waals surface area contributed by atoms with E-state index in [0.29, 0.717) is 17.3 Å². The van der Waals surface area contributed by atoms with Crippen molar-refractivity contribution < 1.29 is 26.7 Å². The number of carbonyl (C=O) groups excluding carboxylic acids is 1. The summed E-state index contributed by atoms with van der Waals surface area (Å²) in [6.07, 6.45) is 2.33. The Morgan fingerprint density at radius 2 is 1.88 bits per heavy atom. The second kappa shape index (κ2) is 6.03. The van der Waals surface area contributed by atoms with Crippen LogP contribution in [0.1, 0.15) is 16.8 Å². The fourth-order valence-electron chi connectivity index (χ4n) is 2.68. The maximum atomic E-state index is 14.5. The predicted octanol–water partition coefficient (Wildman–Crippen LogP) is 2.54. The molecule has 0 saturated heterocycles. The summed E-state index contributed by atoms with van der Waals surface area (Å²) >= 11 is 0. The molecule has 0 amide bonds. The zero-order valence-electron chi connectivity index (χ0n) is 13.3. The van der Waals surface area contributed by atoms with Crippen molar-refractivity contribution in [3.63, 3.8) is 0 Å². The fourth-order valence-corrected chi connectivity index (χ4v) is 3.41. The summed E-state index contributed by atoms with van der Waals surface area (Å²) in [6, 6.07) is 4.63. The van der Waals surface area contributed by atoms with Crippen LogP contribution in [0.25, 0.3) is 11.1 Å². The quantitative estimate of drug-likeness (QED) is 0.782. The summed E-state index contributed by atoms with van der Waals surface area (Å²) in [5, 5.41) is 0. The lowest BCUT2D eigenvalue weighted by atomic mass is 9.95. The van der Waals surface area contributed by atoms with Gasteiger partial charge in [-0.3, -0.25) is 4.98 Å². The van der Waals surface area contributed by atoms with Gasteiger partial charge < -0.3 is 4.74 Å². The standard InChI is InChI=1S/C17H13F2NO4S/c1-9-10(4-3-5-20-9)16-12(8-24-17(16)21)11-6-14(19)15(7-13(11)18)25(2,22)23/h3-7H,8H2,1-2H3. The molecule has 8 heteroatoms. The van der Waals surface area contributed by atoms with E-state index < -0.39 is 32.3 Å². The molecule has 3 rings (SSSR count). The number of hydrogen-bond donors (Lipinski definition) is 0. The molecule has 2 aromatic rings. The molecule has 0 N–H and O–H groups in total. The lowest BCUT2D eigenvalue weighted by Crippen LogP contribution is -2.05. The van der Waals surface area contributed by atoms with Gasteiger partial charge in [-0.25, -0.2) is 22.0 Å². The normalized spacial score (nSPS) is 14.8.